The van der Waals surface area contributed by atoms with Crippen molar-refractivity contribution in [3.63, 3.8) is 0 Å². The van der Waals surface area contributed by atoms with Gasteiger partial charge in [-0.25, -0.2) is 0 Å². The lowest BCUT2D eigenvalue weighted by molar-refractivity contribution is 0.475. The molecule has 0 aliphatic carbocycles. The van der Waals surface area contributed by atoms with Gasteiger partial charge in [-0.05, 0) is 65.4 Å². The van der Waals surface area contributed by atoms with Crippen molar-refractivity contribution in [1.29, 1.82) is 0 Å². The quantitative estimate of drug-likeness (QED) is 0.545. The number of rotatable bonds is 3. The van der Waals surface area contributed by atoms with E-state index in [-0.39, 0.29) is 11.5 Å². The summed E-state index contributed by atoms with van der Waals surface area (Å²) < 4.78 is 14.3. The van der Waals surface area contributed by atoms with Crippen molar-refractivity contribution in [3.05, 3.63) is 91.0 Å². The summed E-state index contributed by atoms with van der Waals surface area (Å²) in [5.74, 6) is 0.258. The van der Waals surface area contributed by atoms with E-state index in [1.165, 1.54) is 0 Å². The van der Waals surface area contributed by atoms with Crippen LogP contribution in [0.2, 0.25) is 0 Å². The van der Waals surface area contributed by atoms with Crippen LogP contribution in [0, 0.1) is 0 Å². The molecule has 0 aromatic heterocycles. The normalized spacial score (nSPS) is 11.5. The van der Waals surface area contributed by atoms with Gasteiger partial charge in [0.15, 0.2) is 7.14 Å². The summed E-state index contributed by atoms with van der Waals surface area (Å²) in [4.78, 5) is 0. The first-order valence-corrected chi connectivity index (χ1v) is 9.97. The Bertz CT molecular complexity index is 1070. The van der Waals surface area contributed by atoms with Crippen LogP contribution in [-0.2, 0) is 4.57 Å². The van der Waals surface area contributed by atoms with E-state index < -0.39 is 7.14 Å². The van der Waals surface area contributed by atoms with E-state index >= 15 is 0 Å². The molecular formula is C22H17O3P. The second-order valence-electron chi connectivity index (χ2n) is 6.17. The predicted octanol–water partition coefficient (Wildman–Crippen LogP) is 3.89. The van der Waals surface area contributed by atoms with Crippen LogP contribution < -0.4 is 15.9 Å². The van der Waals surface area contributed by atoms with E-state index in [2.05, 4.69) is 0 Å². The highest BCUT2D eigenvalue weighted by Crippen LogP contribution is 2.43. The Morgan fingerprint density at radius 1 is 0.538 bits per heavy atom. The Morgan fingerprint density at radius 3 is 1.54 bits per heavy atom. The number of fused-ring (bicyclic) bond motifs is 1. The van der Waals surface area contributed by atoms with Crippen molar-refractivity contribution in [2.45, 2.75) is 0 Å². The number of benzene rings is 4. The summed E-state index contributed by atoms with van der Waals surface area (Å²) >= 11 is 0. The van der Waals surface area contributed by atoms with Crippen molar-refractivity contribution in [2.24, 2.45) is 0 Å². The maximum Gasteiger partial charge on any atom is 0.171 e. The molecule has 0 saturated carbocycles. The largest absolute Gasteiger partial charge is 0.508 e. The molecule has 0 spiro atoms. The highest BCUT2D eigenvalue weighted by atomic mass is 31.2. The Kier molecular flexibility index (Phi) is 4.02. The number of hydrogen-bond donors (Lipinski definition) is 2. The summed E-state index contributed by atoms with van der Waals surface area (Å²) in [6.07, 6.45) is 0. The zero-order valence-corrected chi connectivity index (χ0v) is 14.8. The van der Waals surface area contributed by atoms with Crippen molar-refractivity contribution < 1.29 is 14.8 Å². The third kappa shape index (κ3) is 2.77. The van der Waals surface area contributed by atoms with Gasteiger partial charge in [0, 0.05) is 15.9 Å². The van der Waals surface area contributed by atoms with Crippen molar-refractivity contribution in [1.82, 2.24) is 0 Å². The molecule has 2 N–H and O–H groups in total. The molecule has 4 rings (SSSR count). The highest BCUT2D eigenvalue weighted by Gasteiger charge is 2.30. The molecule has 0 heterocycles. The lowest BCUT2D eigenvalue weighted by Crippen LogP contribution is -2.24. The summed E-state index contributed by atoms with van der Waals surface area (Å²) in [5.41, 5.74) is 0. The minimum Gasteiger partial charge on any atom is -0.508 e. The van der Waals surface area contributed by atoms with Gasteiger partial charge in [0.05, 0.1) is 0 Å². The first-order valence-electron chi connectivity index (χ1n) is 8.26. The number of phenols is 2. The monoisotopic (exact) mass is 360 g/mol. The Labute approximate surface area is 151 Å². The molecule has 0 atom stereocenters. The summed E-state index contributed by atoms with van der Waals surface area (Å²) in [5, 5.41) is 23.3. The molecule has 4 heteroatoms. The minimum atomic E-state index is -3.14. The first-order chi connectivity index (χ1) is 12.6. The number of hydrogen-bond acceptors (Lipinski definition) is 3. The van der Waals surface area contributed by atoms with Crippen LogP contribution in [0.3, 0.4) is 0 Å². The Hall–Kier alpha value is -3.03. The fraction of sp³-hybridized carbons (Fsp3) is 0. The van der Waals surface area contributed by atoms with Gasteiger partial charge in [0.2, 0.25) is 0 Å². The molecule has 26 heavy (non-hydrogen) atoms. The van der Waals surface area contributed by atoms with Crippen LogP contribution in [0.1, 0.15) is 0 Å². The van der Waals surface area contributed by atoms with Gasteiger partial charge < -0.3 is 14.8 Å². The lowest BCUT2D eigenvalue weighted by atomic mass is 10.1. The fourth-order valence-corrected chi connectivity index (χ4v) is 5.78. The molecule has 4 aromatic rings. The van der Waals surface area contributed by atoms with Crippen LogP contribution in [0.25, 0.3) is 10.8 Å². The molecular weight excluding hydrogens is 343 g/mol. The Balaban J connectivity index is 1.99. The second-order valence-corrected chi connectivity index (χ2v) is 8.94. The topological polar surface area (TPSA) is 57.5 Å². The molecule has 0 radical (unpaired) electrons. The van der Waals surface area contributed by atoms with E-state index in [0.29, 0.717) is 15.9 Å². The summed E-state index contributed by atoms with van der Waals surface area (Å²) in [6, 6.07) is 26.7. The van der Waals surface area contributed by atoms with E-state index in [1.54, 1.807) is 48.5 Å². The summed E-state index contributed by atoms with van der Waals surface area (Å²) in [7, 11) is -3.14. The van der Waals surface area contributed by atoms with Gasteiger partial charge in [-0.3, -0.25) is 0 Å². The molecule has 4 aromatic carbocycles. The first kappa shape index (κ1) is 16.4. The number of phenolic OH excluding ortho intramolecular Hbond substituents is 2. The van der Waals surface area contributed by atoms with E-state index in [0.717, 1.165) is 10.8 Å². The van der Waals surface area contributed by atoms with Crippen LogP contribution in [0.15, 0.2) is 91.0 Å². The van der Waals surface area contributed by atoms with Gasteiger partial charge in [-0.1, -0.05) is 36.4 Å². The Morgan fingerprint density at radius 2 is 1.00 bits per heavy atom. The van der Waals surface area contributed by atoms with Crippen LogP contribution >= 0.6 is 7.14 Å². The van der Waals surface area contributed by atoms with Gasteiger partial charge >= 0.3 is 0 Å². The number of aromatic hydroxyl groups is 2. The average molecular weight is 360 g/mol. The molecule has 0 aliphatic heterocycles. The maximum absolute atomic E-state index is 14.3. The second kappa shape index (κ2) is 6.36. The van der Waals surface area contributed by atoms with Gasteiger partial charge in [-0.2, -0.15) is 0 Å². The molecule has 0 bridgehead atoms. The average Bonchev–Trinajstić information content (AvgIpc) is 2.68. The smallest absolute Gasteiger partial charge is 0.171 e. The standard InChI is InChI=1S/C22H17O3P/c23-18-6-11-20(12-7-18)26(25,21-13-8-19(24)9-14-21)22-10-5-16-3-1-2-4-17(16)15-22/h1-15,23-24H. The predicted molar refractivity (Wildman–Crippen MR) is 107 cm³/mol. The van der Waals surface area contributed by atoms with Crippen molar-refractivity contribution in [2.75, 3.05) is 0 Å². The molecule has 0 fully saturated rings. The maximum atomic E-state index is 14.3. The molecule has 0 aliphatic rings. The molecule has 3 nitrogen and oxygen atoms in total. The zero-order valence-electron chi connectivity index (χ0n) is 13.9. The fourth-order valence-electron chi connectivity index (χ4n) is 3.14. The van der Waals surface area contributed by atoms with E-state index in [1.807, 2.05) is 42.5 Å². The zero-order chi connectivity index (χ0) is 18.1. The summed E-state index contributed by atoms with van der Waals surface area (Å²) in [6.45, 7) is 0. The van der Waals surface area contributed by atoms with E-state index in [9.17, 15) is 14.8 Å². The van der Waals surface area contributed by atoms with Crippen molar-refractivity contribution in [3.8, 4) is 11.5 Å². The molecule has 0 unspecified atom stereocenters. The van der Waals surface area contributed by atoms with Crippen LogP contribution in [0.4, 0.5) is 0 Å². The van der Waals surface area contributed by atoms with Crippen molar-refractivity contribution >= 4 is 33.8 Å². The third-order valence-corrected chi connectivity index (χ3v) is 7.58. The molecule has 128 valence electrons. The third-order valence-electron chi connectivity index (χ3n) is 4.52. The van der Waals surface area contributed by atoms with Gasteiger partial charge in [0.25, 0.3) is 0 Å². The van der Waals surface area contributed by atoms with Gasteiger partial charge in [-0.15, -0.1) is 0 Å². The van der Waals surface area contributed by atoms with E-state index in [4.69, 9.17) is 0 Å². The van der Waals surface area contributed by atoms with Gasteiger partial charge in [0.1, 0.15) is 11.5 Å². The lowest BCUT2D eigenvalue weighted by Gasteiger charge is -2.20. The molecule has 0 saturated heterocycles. The SMILES string of the molecule is O=P(c1ccc(O)cc1)(c1ccc(O)cc1)c1ccc2ccccc2c1. The minimum absolute atomic E-state index is 0.129. The molecule has 0 amide bonds. The van der Waals surface area contributed by atoms with Crippen LogP contribution in [0.5, 0.6) is 11.5 Å². The highest BCUT2D eigenvalue weighted by molar-refractivity contribution is 7.85. The van der Waals surface area contributed by atoms with Crippen LogP contribution in [-0.4, -0.2) is 10.2 Å².